The lowest BCUT2D eigenvalue weighted by Crippen LogP contribution is -2.52. The van der Waals surface area contributed by atoms with Crippen LogP contribution >= 0.6 is 0 Å². The zero-order valence-electron chi connectivity index (χ0n) is 16.7. The molecule has 0 amide bonds. The molecule has 2 aliphatic carbocycles. The van der Waals surface area contributed by atoms with Gasteiger partial charge >= 0.3 is 0 Å². The summed E-state index contributed by atoms with van der Waals surface area (Å²) in [4.78, 5) is 0. The van der Waals surface area contributed by atoms with Gasteiger partial charge in [0.25, 0.3) is 0 Å². The van der Waals surface area contributed by atoms with E-state index >= 15 is 0 Å². The molecule has 0 aromatic heterocycles. The molecule has 5 heteroatoms. The molecule has 25 heavy (non-hydrogen) atoms. The predicted octanol–water partition coefficient (Wildman–Crippen LogP) is 1.60. The first-order chi connectivity index (χ1) is 12.3. The fraction of sp³-hybridized carbons (Fsp3) is 1.00. The maximum absolute atomic E-state index is 3.79. The summed E-state index contributed by atoms with van der Waals surface area (Å²) in [5.74, 6) is 0. The van der Waals surface area contributed by atoms with E-state index in [1.807, 2.05) is 7.05 Å². The number of hydrogen-bond acceptors (Lipinski definition) is 5. The van der Waals surface area contributed by atoms with Gasteiger partial charge in [-0.2, -0.15) is 0 Å². The Bertz CT molecular complexity index is 319. The second-order valence-electron chi connectivity index (χ2n) is 8.11. The lowest BCUT2D eigenvalue weighted by Gasteiger charge is -2.33. The highest BCUT2D eigenvalue weighted by molar-refractivity contribution is 4.86. The van der Waals surface area contributed by atoms with Gasteiger partial charge in [0, 0.05) is 56.9 Å². The molecule has 2 rings (SSSR count). The molecule has 0 aromatic rings. The van der Waals surface area contributed by atoms with Gasteiger partial charge < -0.3 is 26.6 Å². The van der Waals surface area contributed by atoms with Crippen molar-refractivity contribution >= 4 is 0 Å². The number of nitrogens with one attached hydrogen (secondary N) is 5. The molecule has 0 spiro atoms. The second-order valence-corrected chi connectivity index (χ2v) is 8.11. The molecule has 2 aliphatic rings. The van der Waals surface area contributed by atoms with Crippen LogP contribution in [0, 0.1) is 0 Å². The standard InChI is InChI=1S/C20H43N5/c1-17(16-25-18-8-4-3-5-9-18)22-14-15-24-20-11-7-6-10-19(20)23-13-12-21-2/h17-25H,3-16H2,1-2H3/t17-,19?,20?/m1/s1. The van der Waals surface area contributed by atoms with Crippen LogP contribution in [0.4, 0.5) is 0 Å². The van der Waals surface area contributed by atoms with Gasteiger partial charge in [0.05, 0.1) is 0 Å². The number of hydrogen-bond donors (Lipinski definition) is 5. The third-order valence-electron chi connectivity index (χ3n) is 5.89. The van der Waals surface area contributed by atoms with E-state index in [-0.39, 0.29) is 0 Å². The van der Waals surface area contributed by atoms with Crippen molar-refractivity contribution < 1.29 is 0 Å². The van der Waals surface area contributed by atoms with Gasteiger partial charge in [-0.05, 0) is 39.7 Å². The fourth-order valence-electron chi connectivity index (χ4n) is 4.30. The molecule has 3 atom stereocenters. The minimum Gasteiger partial charge on any atom is -0.318 e. The third-order valence-corrected chi connectivity index (χ3v) is 5.89. The Hall–Kier alpha value is -0.200. The first kappa shape index (κ1) is 21.1. The Morgan fingerprint density at radius 1 is 0.720 bits per heavy atom. The minimum atomic E-state index is 0.555. The quantitative estimate of drug-likeness (QED) is 0.345. The van der Waals surface area contributed by atoms with Gasteiger partial charge in [-0.3, -0.25) is 0 Å². The van der Waals surface area contributed by atoms with Crippen LogP contribution in [0.1, 0.15) is 64.7 Å². The number of likely N-dealkylation sites (N-methyl/N-ethyl adjacent to an activating group) is 1. The predicted molar refractivity (Wildman–Crippen MR) is 108 cm³/mol. The Morgan fingerprint density at radius 3 is 1.96 bits per heavy atom. The van der Waals surface area contributed by atoms with Crippen LogP contribution in [0.3, 0.4) is 0 Å². The van der Waals surface area contributed by atoms with Crippen molar-refractivity contribution in [2.45, 2.75) is 88.9 Å². The van der Waals surface area contributed by atoms with Gasteiger partial charge in [0.15, 0.2) is 0 Å². The van der Waals surface area contributed by atoms with Crippen molar-refractivity contribution in [2.75, 3.05) is 39.8 Å². The third kappa shape index (κ3) is 8.83. The Balaban J connectivity index is 1.52. The lowest BCUT2D eigenvalue weighted by molar-refractivity contribution is 0.283. The SMILES string of the molecule is CNCCNC1CCCCC1NCCN[C@H](C)CNC1CCCCC1. The zero-order valence-corrected chi connectivity index (χ0v) is 16.7. The van der Waals surface area contributed by atoms with Crippen LogP contribution in [0.15, 0.2) is 0 Å². The molecular weight excluding hydrogens is 310 g/mol. The average Bonchev–Trinajstić information content (AvgIpc) is 2.65. The Morgan fingerprint density at radius 2 is 1.32 bits per heavy atom. The molecule has 5 nitrogen and oxygen atoms in total. The van der Waals surface area contributed by atoms with E-state index in [1.165, 1.54) is 57.8 Å². The average molecular weight is 354 g/mol. The van der Waals surface area contributed by atoms with Crippen molar-refractivity contribution in [3.05, 3.63) is 0 Å². The summed E-state index contributed by atoms with van der Waals surface area (Å²) in [7, 11) is 2.02. The summed E-state index contributed by atoms with van der Waals surface area (Å²) in [6, 6.07) is 2.61. The van der Waals surface area contributed by atoms with E-state index in [2.05, 4.69) is 33.5 Å². The minimum absolute atomic E-state index is 0.555. The van der Waals surface area contributed by atoms with E-state index in [1.54, 1.807) is 0 Å². The van der Waals surface area contributed by atoms with Crippen LogP contribution in [0.25, 0.3) is 0 Å². The number of rotatable bonds is 12. The molecule has 148 valence electrons. The highest BCUT2D eigenvalue weighted by Crippen LogP contribution is 2.18. The van der Waals surface area contributed by atoms with Crippen LogP contribution in [-0.4, -0.2) is 63.9 Å². The molecule has 0 bridgehead atoms. The molecular formula is C20H43N5. The van der Waals surface area contributed by atoms with E-state index in [0.29, 0.717) is 18.1 Å². The van der Waals surface area contributed by atoms with E-state index in [4.69, 9.17) is 0 Å². The molecule has 0 aliphatic heterocycles. The molecule has 5 N–H and O–H groups in total. The summed E-state index contributed by atoms with van der Waals surface area (Å²) < 4.78 is 0. The van der Waals surface area contributed by atoms with E-state index in [0.717, 1.165) is 38.8 Å². The largest absolute Gasteiger partial charge is 0.318 e. The maximum atomic E-state index is 3.79. The van der Waals surface area contributed by atoms with Gasteiger partial charge in [0.2, 0.25) is 0 Å². The molecule has 0 radical (unpaired) electrons. The lowest BCUT2D eigenvalue weighted by atomic mass is 9.90. The van der Waals surface area contributed by atoms with Crippen molar-refractivity contribution in [2.24, 2.45) is 0 Å². The zero-order chi connectivity index (χ0) is 17.7. The summed E-state index contributed by atoms with van der Waals surface area (Å²) in [5, 5.41) is 18.2. The molecule has 0 heterocycles. The van der Waals surface area contributed by atoms with Crippen molar-refractivity contribution in [3.63, 3.8) is 0 Å². The summed E-state index contributed by atoms with van der Waals surface area (Å²) in [6.07, 6.45) is 12.4. The monoisotopic (exact) mass is 353 g/mol. The van der Waals surface area contributed by atoms with Crippen molar-refractivity contribution in [1.82, 2.24) is 26.6 Å². The second kappa shape index (κ2) is 13.0. The maximum Gasteiger partial charge on any atom is 0.0221 e. The summed E-state index contributed by atoms with van der Waals surface area (Å²) >= 11 is 0. The Kier molecular flexibility index (Phi) is 11.0. The van der Waals surface area contributed by atoms with Gasteiger partial charge in [-0.15, -0.1) is 0 Å². The highest BCUT2D eigenvalue weighted by Gasteiger charge is 2.23. The molecule has 0 saturated heterocycles. The topological polar surface area (TPSA) is 60.1 Å². The van der Waals surface area contributed by atoms with Crippen LogP contribution in [0.2, 0.25) is 0 Å². The van der Waals surface area contributed by atoms with Crippen LogP contribution in [0.5, 0.6) is 0 Å². The smallest absolute Gasteiger partial charge is 0.0221 e. The van der Waals surface area contributed by atoms with Gasteiger partial charge in [-0.25, -0.2) is 0 Å². The molecule has 0 aromatic carbocycles. The van der Waals surface area contributed by atoms with Crippen LogP contribution in [-0.2, 0) is 0 Å². The van der Waals surface area contributed by atoms with Crippen molar-refractivity contribution in [1.29, 1.82) is 0 Å². The molecule has 2 fully saturated rings. The van der Waals surface area contributed by atoms with Crippen LogP contribution < -0.4 is 26.6 Å². The van der Waals surface area contributed by atoms with E-state index in [9.17, 15) is 0 Å². The normalized spacial score (nSPS) is 26.6. The summed E-state index contributed by atoms with van der Waals surface area (Å²) in [5.41, 5.74) is 0. The van der Waals surface area contributed by atoms with Gasteiger partial charge in [0.1, 0.15) is 0 Å². The molecule has 2 saturated carbocycles. The fourth-order valence-corrected chi connectivity index (χ4v) is 4.30. The van der Waals surface area contributed by atoms with E-state index < -0.39 is 0 Å². The Labute approximate surface area is 155 Å². The molecule has 2 unspecified atom stereocenters. The highest BCUT2D eigenvalue weighted by atomic mass is 15.1. The van der Waals surface area contributed by atoms with Gasteiger partial charge in [-0.1, -0.05) is 32.1 Å². The first-order valence-electron chi connectivity index (χ1n) is 10.9. The summed E-state index contributed by atoms with van der Waals surface area (Å²) in [6.45, 7) is 7.66. The first-order valence-corrected chi connectivity index (χ1v) is 10.9. The van der Waals surface area contributed by atoms with Crippen molar-refractivity contribution in [3.8, 4) is 0 Å².